The first-order valence-corrected chi connectivity index (χ1v) is 8.30. The Bertz CT molecular complexity index is 945. The Morgan fingerprint density at radius 2 is 1.78 bits per heavy atom. The maximum atomic E-state index is 11.8. The molecular formula is C20H20N4O3. The summed E-state index contributed by atoms with van der Waals surface area (Å²) in [5, 5.41) is 6.17. The van der Waals surface area contributed by atoms with Crippen LogP contribution >= 0.6 is 0 Å². The van der Waals surface area contributed by atoms with Crippen molar-refractivity contribution in [2.24, 2.45) is 0 Å². The number of hydrogen-bond acceptors (Lipinski definition) is 7. The standard InChI is InChI=1S/C20H20N4O3/c1-21-20-23-15(13-7-5-4-6-8-13)12-18(24-20)22-16-11-14(19(25)27-3)9-10-17(16)26-2/h4-12H,1-3H3,(H2,21,22,23,24). The number of esters is 1. The van der Waals surface area contributed by atoms with Crippen molar-refractivity contribution in [2.75, 3.05) is 31.9 Å². The molecule has 0 radical (unpaired) electrons. The first-order valence-electron chi connectivity index (χ1n) is 8.30. The van der Waals surface area contributed by atoms with E-state index < -0.39 is 5.97 Å². The van der Waals surface area contributed by atoms with E-state index in [1.165, 1.54) is 7.11 Å². The molecule has 0 amide bonds. The fraction of sp³-hybridized carbons (Fsp3) is 0.150. The minimum absolute atomic E-state index is 0.409. The number of methoxy groups -OCH3 is 2. The second-order valence-electron chi connectivity index (χ2n) is 5.61. The number of rotatable bonds is 6. The van der Waals surface area contributed by atoms with Crippen molar-refractivity contribution in [1.29, 1.82) is 0 Å². The number of nitrogens with zero attached hydrogens (tertiary/aromatic N) is 2. The molecule has 0 saturated heterocycles. The van der Waals surface area contributed by atoms with Gasteiger partial charge in [-0.15, -0.1) is 0 Å². The molecule has 2 aromatic carbocycles. The van der Waals surface area contributed by atoms with Gasteiger partial charge in [-0.2, -0.15) is 4.98 Å². The monoisotopic (exact) mass is 364 g/mol. The van der Waals surface area contributed by atoms with Gasteiger partial charge < -0.3 is 20.1 Å². The van der Waals surface area contributed by atoms with Crippen molar-refractivity contribution in [3.63, 3.8) is 0 Å². The predicted molar refractivity (Wildman–Crippen MR) is 105 cm³/mol. The molecule has 0 spiro atoms. The number of ether oxygens (including phenoxy) is 2. The van der Waals surface area contributed by atoms with Crippen LogP contribution in [0.5, 0.6) is 5.75 Å². The van der Waals surface area contributed by atoms with Crippen LogP contribution in [0.25, 0.3) is 11.3 Å². The molecule has 0 aliphatic carbocycles. The van der Waals surface area contributed by atoms with E-state index in [0.717, 1.165) is 11.3 Å². The van der Waals surface area contributed by atoms with E-state index in [4.69, 9.17) is 9.47 Å². The number of aromatic nitrogens is 2. The number of anilines is 3. The van der Waals surface area contributed by atoms with E-state index in [-0.39, 0.29) is 0 Å². The Morgan fingerprint density at radius 3 is 2.44 bits per heavy atom. The van der Waals surface area contributed by atoms with Gasteiger partial charge >= 0.3 is 5.97 Å². The molecule has 7 nitrogen and oxygen atoms in total. The van der Waals surface area contributed by atoms with E-state index >= 15 is 0 Å². The Labute approximate surface area is 157 Å². The highest BCUT2D eigenvalue weighted by atomic mass is 16.5. The highest BCUT2D eigenvalue weighted by Crippen LogP contribution is 2.30. The fourth-order valence-electron chi connectivity index (χ4n) is 2.57. The molecule has 0 atom stereocenters. The van der Waals surface area contributed by atoms with Gasteiger partial charge in [0.15, 0.2) is 0 Å². The van der Waals surface area contributed by atoms with E-state index in [0.29, 0.717) is 28.8 Å². The van der Waals surface area contributed by atoms with Gasteiger partial charge in [0.2, 0.25) is 5.95 Å². The van der Waals surface area contributed by atoms with Gasteiger partial charge in [0.1, 0.15) is 11.6 Å². The first-order chi connectivity index (χ1) is 13.1. The molecule has 1 aromatic heterocycles. The molecule has 27 heavy (non-hydrogen) atoms. The lowest BCUT2D eigenvalue weighted by molar-refractivity contribution is 0.0601. The average molecular weight is 364 g/mol. The van der Waals surface area contributed by atoms with Gasteiger partial charge in [-0.1, -0.05) is 30.3 Å². The average Bonchev–Trinajstić information content (AvgIpc) is 2.73. The molecule has 7 heteroatoms. The highest BCUT2D eigenvalue weighted by molar-refractivity contribution is 5.91. The van der Waals surface area contributed by atoms with Crippen molar-refractivity contribution in [3.05, 3.63) is 60.2 Å². The third-order valence-electron chi connectivity index (χ3n) is 3.90. The minimum Gasteiger partial charge on any atom is -0.495 e. The summed E-state index contributed by atoms with van der Waals surface area (Å²) >= 11 is 0. The zero-order valence-electron chi connectivity index (χ0n) is 15.3. The molecule has 2 N–H and O–H groups in total. The first kappa shape index (κ1) is 18.2. The number of carbonyl (C=O) groups excluding carboxylic acids is 1. The normalized spacial score (nSPS) is 10.2. The molecule has 138 valence electrons. The summed E-state index contributed by atoms with van der Waals surface area (Å²) < 4.78 is 10.2. The van der Waals surface area contributed by atoms with Gasteiger partial charge in [0.25, 0.3) is 0 Å². The van der Waals surface area contributed by atoms with Crippen LogP contribution in [0.15, 0.2) is 54.6 Å². The van der Waals surface area contributed by atoms with E-state index in [2.05, 4.69) is 20.6 Å². The lowest BCUT2D eigenvalue weighted by atomic mass is 10.1. The predicted octanol–water partition coefficient (Wildman–Crippen LogP) is 3.72. The molecule has 1 heterocycles. The van der Waals surface area contributed by atoms with Crippen molar-refractivity contribution in [2.45, 2.75) is 0 Å². The zero-order chi connectivity index (χ0) is 19.2. The fourth-order valence-corrected chi connectivity index (χ4v) is 2.57. The molecule has 0 bridgehead atoms. The second kappa shape index (κ2) is 8.18. The topological polar surface area (TPSA) is 85.4 Å². The second-order valence-corrected chi connectivity index (χ2v) is 5.61. The van der Waals surface area contributed by atoms with Crippen LogP contribution in [0.4, 0.5) is 17.5 Å². The number of benzene rings is 2. The third kappa shape index (κ3) is 4.14. The lowest BCUT2D eigenvalue weighted by Gasteiger charge is -2.13. The highest BCUT2D eigenvalue weighted by Gasteiger charge is 2.12. The van der Waals surface area contributed by atoms with Crippen LogP contribution in [0.3, 0.4) is 0 Å². The lowest BCUT2D eigenvalue weighted by Crippen LogP contribution is -2.05. The van der Waals surface area contributed by atoms with Crippen LogP contribution < -0.4 is 15.4 Å². The third-order valence-corrected chi connectivity index (χ3v) is 3.90. The Morgan fingerprint density at radius 1 is 1.00 bits per heavy atom. The molecule has 3 rings (SSSR count). The summed E-state index contributed by atoms with van der Waals surface area (Å²) in [5.41, 5.74) is 2.74. The SMILES string of the molecule is CNc1nc(Nc2cc(C(=O)OC)ccc2OC)cc(-c2ccccc2)n1. The van der Waals surface area contributed by atoms with Gasteiger partial charge in [-0.05, 0) is 18.2 Å². The molecule has 0 aliphatic rings. The van der Waals surface area contributed by atoms with E-state index in [9.17, 15) is 4.79 Å². The maximum Gasteiger partial charge on any atom is 0.337 e. The van der Waals surface area contributed by atoms with Crippen molar-refractivity contribution < 1.29 is 14.3 Å². The van der Waals surface area contributed by atoms with E-state index in [1.54, 1.807) is 32.4 Å². The van der Waals surface area contributed by atoms with Gasteiger partial charge in [0.05, 0.1) is 31.2 Å². The van der Waals surface area contributed by atoms with Gasteiger partial charge in [0, 0.05) is 18.7 Å². The quantitative estimate of drug-likeness (QED) is 0.645. The van der Waals surface area contributed by atoms with Crippen LogP contribution in [-0.2, 0) is 4.74 Å². The zero-order valence-corrected chi connectivity index (χ0v) is 15.3. The van der Waals surface area contributed by atoms with Crippen LogP contribution in [-0.4, -0.2) is 37.2 Å². The molecule has 3 aromatic rings. The van der Waals surface area contributed by atoms with Gasteiger partial charge in [-0.3, -0.25) is 0 Å². The number of carbonyl (C=O) groups is 1. The Balaban J connectivity index is 2.01. The largest absolute Gasteiger partial charge is 0.495 e. The van der Waals surface area contributed by atoms with Crippen LogP contribution in [0, 0.1) is 0 Å². The van der Waals surface area contributed by atoms with Crippen molar-refractivity contribution in [3.8, 4) is 17.0 Å². The van der Waals surface area contributed by atoms with Crippen LogP contribution in [0.2, 0.25) is 0 Å². The van der Waals surface area contributed by atoms with Gasteiger partial charge in [-0.25, -0.2) is 9.78 Å². The molecule has 0 saturated carbocycles. The molecule has 0 aliphatic heterocycles. The smallest absolute Gasteiger partial charge is 0.337 e. The summed E-state index contributed by atoms with van der Waals surface area (Å²) in [7, 11) is 4.66. The molecule has 0 fully saturated rings. The number of nitrogens with one attached hydrogen (secondary N) is 2. The minimum atomic E-state index is -0.427. The van der Waals surface area contributed by atoms with Crippen molar-refractivity contribution in [1.82, 2.24) is 9.97 Å². The Hall–Kier alpha value is -3.61. The summed E-state index contributed by atoms with van der Waals surface area (Å²) in [6.07, 6.45) is 0. The summed E-state index contributed by atoms with van der Waals surface area (Å²) in [6.45, 7) is 0. The number of hydrogen-bond donors (Lipinski definition) is 2. The summed E-state index contributed by atoms with van der Waals surface area (Å²) in [6, 6.07) is 16.6. The summed E-state index contributed by atoms with van der Waals surface area (Å²) in [4.78, 5) is 20.8. The van der Waals surface area contributed by atoms with E-state index in [1.807, 2.05) is 36.4 Å². The van der Waals surface area contributed by atoms with Crippen molar-refractivity contribution >= 4 is 23.4 Å². The maximum absolute atomic E-state index is 11.8. The molecular weight excluding hydrogens is 344 g/mol. The van der Waals surface area contributed by atoms with Crippen LogP contribution in [0.1, 0.15) is 10.4 Å². The molecule has 0 unspecified atom stereocenters. The summed E-state index contributed by atoms with van der Waals surface area (Å²) in [5.74, 6) is 1.19. The Kier molecular flexibility index (Phi) is 5.51.